The fourth-order valence-electron chi connectivity index (χ4n) is 1.44. The summed E-state index contributed by atoms with van der Waals surface area (Å²) >= 11 is 9.02. The number of nitrogens with zero attached hydrogens (tertiary/aromatic N) is 1. The molecule has 4 nitrogen and oxygen atoms in total. The van der Waals surface area contributed by atoms with Crippen molar-refractivity contribution in [3.8, 4) is 0 Å². The molecule has 1 N–H and O–H groups in total. The Bertz CT molecular complexity index is 674. The molecule has 0 unspecified atom stereocenters. The first-order valence-corrected chi connectivity index (χ1v) is 8.29. The fourth-order valence-corrected chi connectivity index (χ4v) is 3.03. The lowest BCUT2D eigenvalue weighted by atomic mass is 10.2. The van der Waals surface area contributed by atoms with Gasteiger partial charge in [0.1, 0.15) is 5.15 Å². The number of halogens is 2. The van der Waals surface area contributed by atoms with E-state index in [1.807, 2.05) is 0 Å². The Morgan fingerprint density at radius 2 is 1.89 bits per heavy atom. The minimum Gasteiger partial charge on any atom is -0.279 e. The topological polar surface area (TPSA) is 59.1 Å². The molecule has 0 aliphatic carbocycles. The number of sulfonamides is 1. The third-order valence-electron chi connectivity index (χ3n) is 2.37. The second-order valence-corrected chi connectivity index (χ2v) is 6.38. The van der Waals surface area contributed by atoms with Gasteiger partial charge in [-0.15, -0.1) is 0 Å². The lowest BCUT2D eigenvalue weighted by molar-refractivity contribution is 0.601. The molecule has 0 atom stereocenters. The zero-order chi connectivity index (χ0) is 13.9. The van der Waals surface area contributed by atoms with E-state index in [0.717, 1.165) is 5.56 Å². The molecule has 0 saturated heterocycles. The van der Waals surface area contributed by atoms with E-state index in [0.29, 0.717) is 11.0 Å². The molecule has 0 radical (unpaired) electrons. The molecule has 2 aromatic rings. The van der Waals surface area contributed by atoms with Crippen LogP contribution in [0.4, 0.5) is 5.69 Å². The molecule has 0 spiro atoms. The Morgan fingerprint density at radius 3 is 2.47 bits per heavy atom. The summed E-state index contributed by atoms with van der Waals surface area (Å²) in [6.07, 6.45) is 1.44. The van der Waals surface area contributed by atoms with Gasteiger partial charge in [0.2, 0.25) is 0 Å². The largest absolute Gasteiger partial charge is 0.279 e. The minimum absolute atomic E-state index is 0.199. The monoisotopic (exact) mass is 360 g/mol. The summed E-state index contributed by atoms with van der Waals surface area (Å²) in [5.74, 6) is 0. The predicted octanol–water partition coefficient (Wildman–Crippen LogP) is 3.43. The maximum absolute atomic E-state index is 12.1. The van der Waals surface area contributed by atoms with Crippen molar-refractivity contribution in [2.24, 2.45) is 0 Å². The standard InChI is InChI=1S/C12H10BrClN2O2S/c13-8-9-1-3-11(4-2-9)19(17,18)16-10-5-6-15-12(14)7-10/h1-7H,8H2,(H,15,16). The Kier molecular flexibility index (Phi) is 4.44. The van der Waals surface area contributed by atoms with Gasteiger partial charge in [-0.2, -0.15) is 0 Å². The molecule has 2 rings (SSSR count). The molecule has 7 heteroatoms. The predicted molar refractivity (Wildman–Crippen MR) is 79.1 cm³/mol. The van der Waals surface area contributed by atoms with Crippen LogP contribution in [0.25, 0.3) is 0 Å². The second kappa shape index (κ2) is 5.90. The summed E-state index contributed by atoms with van der Waals surface area (Å²) in [7, 11) is -3.61. The van der Waals surface area contributed by atoms with Crippen LogP contribution in [0.5, 0.6) is 0 Å². The highest BCUT2D eigenvalue weighted by Gasteiger charge is 2.14. The van der Waals surface area contributed by atoms with Crippen LogP contribution in [0.2, 0.25) is 5.15 Å². The molecular formula is C12H10BrClN2O2S. The summed E-state index contributed by atoms with van der Waals surface area (Å²) in [6, 6.07) is 9.61. The number of aromatic nitrogens is 1. The van der Waals surface area contributed by atoms with Gasteiger partial charge in [0.25, 0.3) is 10.0 Å². The molecule has 100 valence electrons. The average Bonchev–Trinajstić information content (AvgIpc) is 2.38. The van der Waals surface area contributed by atoms with Crippen molar-refractivity contribution < 1.29 is 8.42 Å². The number of benzene rings is 1. The van der Waals surface area contributed by atoms with Gasteiger partial charge < -0.3 is 0 Å². The molecule has 0 amide bonds. The molecule has 0 aliphatic rings. The van der Waals surface area contributed by atoms with E-state index >= 15 is 0 Å². The van der Waals surface area contributed by atoms with E-state index in [1.54, 1.807) is 24.3 Å². The van der Waals surface area contributed by atoms with Crippen LogP contribution in [-0.2, 0) is 15.4 Å². The van der Waals surface area contributed by atoms with Crippen LogP contribution in [0, 0.1) is 0 Å². The quantitative estimate of drug-likeness (QED) is 0.670. The highest BCUT2D eigenvalue weighted by Crippen LogP contribution is 2.18. The van der Waals surface area contributed by atoms with E-state index < -0.39 is 10.0 Å². The fraction of sp³-hybridized carbons (Fsp3) is 0.0833. The summed E-state index contributed by atoms with van der Waals surface area (Å²) in [5.41, 5.74) is 1.38. The minimum atomic E-state index is -3.61. The normalized spacial score (nSPS) is 11.3. The SMILES string of the molecule is O=S(=O)(Nc1ccnc(Cl)c1)c1ccc(CBr)cc1. The Balaban J connectivity index is 2.27. The van der Waals surface area contributed by atoms with Crippen molar-refractivity contribution in [2.75, 3.05) is 4.72 Å². The number of nitrogens with one attached hydrogen (secondary N) is 1. The first-order valence-electron chi connectivity index (χ1n) is 5.30. The van der Waals surface area contributed by atoms with Crippen LogP contribution in [0.1, 0.15) is 5.56 Å². The number of anilines is 1. The second-order valence-electron chi connectivity index (χ2n) is 3.75. The Hall–Kier alpha value is -1.11. The first kappa shape index (κ1) is 14.3. The van der Waals surface area contributed by atoms with Gasteiger partial charge in [0.05, 0.1) is 10.6 Å². The molecule has 1 aromatic heterocycles. The summed E-state index contributed by atoms with van der Waals surface area (Å²) < 4.78 is 26.7. The molecule has 1 heterocycles. The van der Waals surface area contributed by atoms with Gasteiger partial charge in [-0.25, -0.2) is 13.4 Å². The van der Waals surface area contributed by atoms with E-state index in [9.17, 15) is 8.42 Å². The zero-order valence-electron chi connectivity index (χ0n) is 9.68. The maximum atomic E-state index is 12.1. The van der Waals surface area contributed by atoms with Gasteiger partial charge in [0.15, 0.2) is 0 Å². The van der Waals surface area contributed by atoms with Crippen molar-refractivity contribution in [3.63, 3.8) is 0 Å². The summed E-state index contributed by atoms with van der Waals surface area (Å²) in [6.45, 7) is 0. The molecule has 1 aromatic carbocycles. The highest BCUT2D eigenvalue weighted by molar-refractivity contribution is 9.08. The Morgan fingerprint density at radius 1 is 1.21 bits per heavy atom. The molecule has 0 saturated carbocycles. The van der Waals surface area contributed by atoms with Crippen molar-refractivity contribution >= 4 is 43.2 Å². The van der Waals surface area contributed by atoms with Crippen LogP contribution in [-0.4, -0.2) is 13.4 Å². The van der Waals surface area contributed by atoms with Crippen LogP contribution in [0.15, 0.2) is 47.5 Å². The highest BCUT2D eigenvalue weighted by atomic mass is 79.9. The van der Waals surface area contributed by atoms with Gasteiger partial charge in [0, 0.05) is 11.5 Å². The molecular weight excluding hydrogens is 352 g/mol. The van der Waals surface area contributed by atoms with Gasteiger partial charge in [-0.05, 0) is 29.8 Å². The van der Waals surface area contributed by atoms with Crippen LogP contribution < -0.4 is 4.72 Å². The van der Waals surface area contributed by atoms with E-state index in [-0.39, 0.29) is 10.0 Å². The van der Waals surface area contributed by atoms with Crippen molar-refractivity contribution in [3.05, 3.63) is 53.3 Å². The number of hydrogen-bond acceptors (Lipinski definition) is 3. The zero-order valence-corrected chi connectivity index (χ0v) is 12.8. The van der Waals surface area contributed by atoms with Crippen LogP contribution in [0.3, 0.4) is 0 Å². The van der Waals surface area contributed by atoms with E-state index in [1.165, 1.54) is 18.3 Å². The van der Waals surface area contributed by atoms with E-state index in [2.05, 4.69) is 25.6 Å². The van der Waals surface area contributed by atoms with Gasteiger partial charge in [-0.1, -0.05) is 39.7 Å². The summed E-state index contributed by atoms with van der Waals surface area (Å²) in [5, 5.41) is 0.913. The first-order chi connectivity index (χ1) is 9.01. The lowest BCUT2D eigenvalue weighted by Gasteiger charge is -2.08. The number of hydrogen-bond donors (Lipinski definition) is 1. The summed E-state index contributed by atoms with van der Waals surface area (Å²) in [4.78, 5) is 3.99. The number of pyridine rings is 1. The smallest absolute Gasteiger partial charge is 0.261 e. The third kappa shape index (κ3) is 3.68. The molecule has 0 bridgehead atoms. The lowest BCUT2D eigenvalue weighted by Crippen LogP contribution is -2.12. The maximum Gasteiger partial charge on any atom is 0.261 e. The average molecular weight is 362 g/mol. The van der Waals surface area contributed by atoms with Gasteiger partial charge in [-0.3, -0.25) is 4.72 Å². The molecule has 19 heavy (non-hydrogen) atoms. The van der Waals surface area contributed by atoms with Gasteiger partial charge >= 0.3 is 0 Å². The van der Waals surface area contributed by atoms with Crippen molar-refractivity contribution in [2.45, 2.75) is 10.2 Å². The van der Waals surface area contributed by atoms with Crippen molar-refractivity contribution in [1.29, 1.82) is 0 Å². The number of alkyl halides is 1. The van der Waals surface area contributed by atoms with Crippen LogP contribution >= 0.6 is 27.5 Å². The molecule has 0 fully saturated rings. The van der Waals surface area contributed by atoms with Crippen molar-refractivity contribution in [1.82, 2.24) is 4.98 Å². The number of rotatable bonds is 4. The third-order valence-corrected chi connectivity index (χ3v) is 4.62. The Labute approximate surface area is 125 Å². The molecule has 0 aliphatic heterocycles. The van der Waals surface area contributed by atoms with E-state index in [4.69, 9.17) is 11.6 Å².